The molecule has 0 saturated carbocycles. The van der Waals surface area contributed by atoms with E-state index >= 15 is 0 Å². The number of hydrogen-bond donors (Lipinski definition) is 0. The molecule has 0 bridgehead atoms. The molecule has 0 unspecified atom stereocenters. The Kier molecular flexibility index (Phi) is 3.24. The molecular weight excluding hydrogens is 264 g/mol. The maximum atomic E-state index is 11.5. The maximum Gasteiger partial charge on any atom is 0.396 e. The molecule has 3 rings (SSSR count). The predicted molar refractivity (Wildman–Crippen MR) is 66.7 cm³/mol. The zero-order chi connectivity index (χ0) is 13.9. The first-order chi connectivity index (χ1) is 9.79. The number of esters is 1. The summed E-state index contributed by atoms with van der Waals surface area (Å²) in [7, 11) is 0. The Hall–Kier alpha value is -2.57. The van der Waals surface area contributed by atoms with Crippen molar-refractivity contribution in [2.75, 3.05) is 19.8 Å². The van der Waals surface area contributed by atoms with Crippen molar-refractivity contribution in [2.24, 2.45) is 0 Å². The van der Waals surface area contributed by atoms with Crippen LogP contribution in [0.25, 0.3) is 11.5 Å². The van der Waals surface area contributed by atoms with E-state index in [1.54, 1.807) is 25.1 Å². The lowest BCUT2D eigenvalue weighted by Gasteiger charge is -2.19. The summed E-state index contributed by atoms with van der Waals surface area (Å²) in [4.78, 5) is 11.5. The second-order valence-corrected chi connectivity index (χ2v) is 3.96. The molecule has 7 nitrogen and oxygen atoms in total. The lowest BCUT2D eigenvalue weighted by atomic mass is 10.2. The third-order valence-corrected chi connectivity index (χ3v) is 2.67. The van der Waals surface area contributed by atoms with Crippen LogP contribution in [0.15, 0.2) is 22.6 Å². The van der Waals surface area contributed by atoms with Crippen molar-refractivity contribution >= 4 is 5.97 Å². The first-order valence-electron chi connectivity index (χ1n) is 6.19. The topological polar surface area (TPSA) is 83.7 Å². The Morgan fingerprint density at radius 1 is 1.30 bits per heavy atom. The maximum absolute atomic E-state index is 11.5. The normalized spacial score (nSPS) is 13.1. The quantitative estimate of drug-likeness (QED) is 0.788. The summed E-state index contributed by atoms with van der Waals surface area (Å²) in [6.07, 6.45) is 0. The van der Waals surface area contributed by atoms with Gasteiger partial charge in [-0.2, -0.15) is 0 Å². The molecule has 0 fully saturated rings. The second-order valence-electron chi connectivity index (χ2n) is 3.96. The van der Waals surface area contributed by atoms with E-state index in [0.29, 0.717) is 30.3 Å². The van der Waals surface area contributed by atoms with Gasteiger partial charge in [0.15, 0.2) is 11.5 Å². The Morgan fingerprint density at radius 3 is 3.00 bits per heavy atom. The van der Waals surface area contributed by atoms with Gasteiger partial charge in [0.2, 0.25) is 0 Å². The van der Waals surface area contributed by atoms with Gasteiger partial charge in [-0.15, -0.1) is 10.2 Å². The summed E-state index contributed by atoms with van der Waals surface area (Å²) < 4.78 is 21.1. The summed E-state index contributed by atoms with van der Waals surface area (Å²) in [5.74, 6) is 0.516. The van der Waals surface area contributed by atoms with Crippen LogP contribution in [0, 0.1) is 0 Å². The number of carbonyl (C=O) groups is 1. The van der Waals surface area contributed by atoms with E-state index in [1.807, 2.05) is 0 Å². The predicted octanol–water partition coefficient (Wildman–Crippen LogP) is 1.68. The van der Waals surface area contributed by atoms with E-state index in [-0.39, 0.29) is 18.4 Å². The first-order valence-corrected chi connectivity index (χ1v) is 6.19. The lowest BCUT2D eigenvalue weighted by Crippen LogP contribution is -2.15. The van der Waals surface area contributed by atoms with E-state index in [4.69, 9.17) is 18.6 Å². The summed E-state index contributed by atoms with van der Waals surface area (Å²) in [6.45, 7) is 2.89. The fraction of sp³-hybridized carbons (Fsp3) is 0.308. The number of para-hydroxylation sites is 1. The van der Waals surface area contributed by atoms with Crippen LogP contribution >= 0.6 is 0 Å². The van der Waals surface area contributed by atoms with Crippen LogP contribution in [-0.2, 0) is 4.74 Å². The molecule has 2 aromatic rings. The van der Waals surface area contributed by atoms with Crippen molar-refractivity contribution < 1.29 is 23.4 Å². The fourth-order valence-corrected chi connectivity index (χ4v) is 1.85. The molecule has 2 heterocycles. The monoisotopic (exact) mass is 276 g/mol. The van der Waals surface area contributed by atoms with Gasteiger partial charge in [-0.1, -0.05) is 6.07 Å². The van der Waals surface area contributed by atoms with Gasteiger partial charge in [-0.3, -0.25) is 0 Å². The van der Waals surface area contributed by atoms with Crippen molar-refractivity contribution in [3.8, 4) is 23.0 Å². The minimum absolute atomic E-state index is 0.184. The van der Waals surface area contributed by atoms with Crippen LogP contribution in [-0.4, -0.2) is 36.0 Å². The largest absolute Gasteiger partial charge is 0.486 e. The first kappa shape index (κ1) is 12.5. The van der Waals surface area contributed by atoms with Gasteiger partial charge in [0.1, 0.15) is 13.2 Å². The fourth-order valence-electron chi connectivity index (χ4n) is 1.85. The van der Waals surface area contributed by atoms with Gasteiger partial charge < -0.3 is 18.6 Å². The molecule has 20 heavy (non-hydrogen) atoms. The van der Waals surface area contributed by atoms with Crippen LogP contribution in [0.1, 0.15) is 17.6 Å². The molecule has 1 aliphatic heterocycles. The van der Waals surface area contributed by atoms with Crippen molar-refractivity contribution in [3.05, 3.63) is 24.1 Å². The Bertz CT molecular complexity index is 637. The number of fused-ring (bicyclic) bond motifs is 1. The Balaban J connectivity index is 1.96. The van der Waals surface area contributed by atoms with E-state index in [0.717, 1.165) is 0 Å². The number of benzene rings is 1. The van der Waals surface area contributed by atoms with Crippen molar-refractivity contribution in [1.82, 2.24) is 10.2 Å². The smallest absolute Gasteiger partial charge is 0.396 e. The Labute approximate surface area is 114 Å². The molecule has 1 aromatic carbocycles. The van der Waals surface area contributed by atoms with Crippen LogP contribution in [0.4, 0.5) is 0 Å². The third kappa shape index (κ3) is 2.18. The van der Waals surface area contributed by atoms with Gasteiger partial charge in [0, 0.05) is 0 Å². The highest BCUT2D eigenvalue weighted by atomic mass is 16.6. The van der Waals surface area contributed by atoms with Crippen LogP contribution in [0.5, 0.6) is 11.5 Å². The van der Waals surface area contributed by atoms with E-state index in [9.17, 15) is 4.79 Å². The van der Waals surface area contributed by atoms with Gasteiger partial charge in [0.25, 0.3) is 5.89 Å². The molecule has 0 amide bonds. The molecule has 1 aliphatic rings. The summed E-state index contributed by atoms with van der Waals surface area (Å²) in [5, 5.41) is 7.52. The van der Waals surface area contributed by atoms with E-state index < -0.39 is 5.97 Å². The SMILES string of the molecule is CCOC(=O)c1nnc(-c2cccc3c2OCCO3)o1. The average Bonchev–Trinajstić information content (AvgIpc) is 2.97. The molecule has 7 heteroatoms. The minimum atomic E-state index is -0.645. The highest BCUT2D eigenvalue weighted by Crippen LogP contribution is 2.39. The zero-order valence-corrected chi connectivity index (χ0v) is 10.8. The Morgan fingerprint density at radius 2 is 2.15 bits per heavy atom. The molecule has 0 spiro atoms. The minimum Gasteiger partial charge on any atom is -0.486 e. The molecule has 0 aliphatic carbocycles. The molecule has 0 N–H and O–H groups in total. The lowest BCUT2D eigenvalue weighted by molar-refractivity contribution is 0.0481. The van der Waals surface area contributed by atoms with Crippen molar-refractivity contribution in [2.45, 2.75) is 6.92 Å². The number of hydrogen-bond acceptors (Lipinski definition) is 7. The van der Waals surface area contributed by atoms with Crippen molar-refractivity contribution in [3.63, 3.8) is 0 Å². The third-order valence-electron chi connectivity index (χ3n) is 2.67. The second kappa shape index (κ2) is 5.20. The number of nitrogens with zero attached hydrogens (tertiary/aromatic N) is 2. The molecule has 0 radical (unpaired) electrons. The van der Waals surface area contributed by atoms with E-state index in [1.165, 1.54) is 0 Å². The molecule has 0 atom stereocenters. The molecule has 104 valence electrons. The highest BCUT2D eigenvalue weighted by molar-refractivity contribution is 5.84. The highest BCUT2D eigenvalue weighted by Gasteiger charge is 2.22. The number of rotatable bonds is 3. The zero-order valence-electron chi connectivity index (χ0n) is 10.8. The summed E-state index contributed by atoms with van der Waals surface area (Å²) in [5.41, 5.74) is 0.588. The number of ether oxygens (including phenoxy) is 3. The van der Waals surface area contributed by atoms with Crippen LogP contribution in [0.2, 0.25) is 0 Å². The number of carbonyl (C=O) groups excluding carboxylic acids is 1. The van der Waals surface area contributed by atoms with Gasteiger partial charge >= 0.3 is 11.9 Å². The summed E-state index contributed by atoms with van der Waals surface area (Å²) >= 11 is 0. The summed E-state index contributed by atoms with van der Waals surface area (Å²) in [6, 6.07) is 5.34. The van der Waals surface area contributed by atoms with Gasteiger partial charge in [-0.05, 0) is 19.1 Å². The van der Waals surface area contributed by atoms with E-state index in [2.05, 4.69) is 10.2 Å². The standard InChI is InChI=1S/C13H12N2O5/c1-2-17-13(16)12-15-14-11(20-12)8-4-3-5-9-10(8)19-7-6-18-9/h3-5H,2,6-7H2,1H3. The van der Waals surface area contributed by atoms with Crippen LogP contribution < -0.4 is 9.47 Å². The van der Waals surface area contributed by atoms with Gasteiger partial charge in [0.05, 0.1) is 12.2 Å². The molecule has 1 aromatic heterocycles. The average molecular weight is 276 g/mol. The molecule has 0 saturated heterocycles. The van der Waals surface area contributed by atoms with Crippen molar-refractivity contribution in [1.29, 1.82) is 0 Å². The molecular formula is C13H12N2O5. The van der Waals surface area contributed by atoms with Crippen LogP contribution in [0.3, 0.4) is 0 Å². The number of aromatic nitrogens is 2. The van der Waals surface area contributed by atoms with Gasteiger partial charge in [-0.25, -0.2) is 4.79 Å².